The molecule has 2 aromatic carbocycles. The van der Waals surface area contributed by atoms with Crippen molar-refractivity contribution >= 4 is 35.3 Å². The van der Waals surface area contributed by atoms with Gasteiger partial charge in [-0.3, -0.25) is 19.4 Å². The number of fused-ring (bicyclic) bond motifs is 1. The van der Waals surface area contributed by atoms with Crippen LogP contribution in [-0.4, -0.2) is 48.9 Å². The largest absolute Gasteiger partial charge is 0.353 e. The monoisotopic (exact) mass is 439 g/mol. The van der Waals surface area contributed by atoms with Gasteiger partial charge in [-0.15, -0.1) is 0 Å². The molecule has 0 aliphatic carbocycles. The number of thioether (sulfide) groups is 1. The van der Waals surface area contributed by atoms with Crippen molar-refractivity contribution in [1.82, 2.24) is 10.2 Å². The van der Waals surface area contributed by atoms with Crippen molar-refractivity contribution in [2.75, 3.05) is 31.1 Å². The van der Waals surface area contributed by atoms with E-state index in [1.165, 1.54) is 22.7 Å². The second-order valence-electron chi connectivity index (χ2n) is 7.72. The van der Waals surface area contributed by atoms with Crippen LogP contribution in [0.4, 0.5) is 10.1 Å². The second-order valence-corrected chi connectivity index (χ2v) is 8.80. The van der Waals surface area contributed by atoms with Crippen LogP contribution < -0.4 is 10.2 Å². The maximum atomic E-state index is 14.1. The number of likely N-dealkylation sites (tertiary alicyclic amines) is 1. The molecule has 0 saturated carbocycles. The molecule has 2 aliphatic rings. The molecule has 2 heterocycles. The van der Waals surface area contributed by atoms with Crippen LogP contribution in [0, 0.1) is 5.82 Å². The summed E-state index contributed by atoms with van der Waals surface area (Å²) in [7, 11) is 0. The number of benzene rings is 2. The minimum atomic E-state index is -0.386. The number of para-hydroxylation sites is 1. The fourth-order valence-electron chi connectivity index (χ4n) is 4.13. The highest BCUT2D eigenvalue weighted by molar-refractivity contribution is 8.04. The molecule has 5 nitrogen and oxygen atoms in total. The number of rotatable bonds is 6. The summed E-state index contributed by atoms with van der Waals surface area (Å²) in [6, 6.07) is 14.2. The lowest BCUT2D eigenvalue weighted by atomic mass is 10.2. The molecule has 1 atom stereocenters. The van der Waals surface area contributed by atoms with Crippen molar-refractivity contribution in [1.29, 1.82) is 0 Å². The van der Waals surface area contributed by atoms with Gasteiger partial charge < -0.3 is 5.32 Å². The number of carbonyl (C=O) groups is 2. The number of amides is 2. The highest BCUT2D eigenvalue weighted by Crippen LogP contribution is 2.42. The summed E-state index contributed by atoms with van der Waals surface area (Å²) < 4.78 is 14.1. The van der Waals surface area contributed by atoms with Crippen molar-refractivity contribution in [3.8, 4) is 0 Å². The number of likely N-dealkylation sites (N-methyl/N-ethyl adjacent to an activating group) is 1. The van der Waals surface area contributed by atoms with E-state index in [-0.39, 0.29) is 24.2 Å². The number of halogens is 1. The number of nitrogens with zero attached hydrogens (tertiary/aromatic N) is 2. The summed E-state index contributed by atoms with van der Waals surface area (Å²) in [5.74, 6) is -0.870. The Kier molecular flexibility index (Phi) is 6.73. The Bertz CT molecular complexity index is 1010. The van der Waals surface area contributed by atoms with Crippen LogP contribution in [0.15, 0.2) is 58.3 Å². The molecular formula is C24H26FN3O2S. The van der Waals surface area contributed by atoms with Crippen LogP contribution in [-0.2, 0) is 9.59 Å². The Morgan fingerprint density at radius 3 is 2.81 bits per heavy atom. The summed E-state index contributed by atoms with van der Waals surface area (Å²) >= 11 is 1.30. The van der Waals surface area contributed by atoms with Crippen LogP contribution in [0.25, 0.3) is 6.08 Å². The third-order valence-electron chi connectivity index (χ3n) is 5.77. The highest BCUT2D eigenvalue weighted by atomic mass is 32.2. The first-order valence-electron chi connectivity index (χ1n) is 10.6. The molecule has 1 saturated heterocycles. The van der Waals surface area contributed by atoms with E-state index in [0.717, 1.165) is 30.8 Å². The normalized spacial score (nSPS) is 20.2. The SMILES string of the molecule is CCN1CCCC1CNC(=O)CN1C(=O)/C(=C/c2ccccc2F)Sc2ccccc21. The lowest BCUT2D eigenvalue weighted by Crippen LogP contribution is -2.46. The molecule has 4 rings (SSSR count). The Balaban J connectivity index is 1.52. The van der Waals surface area contributed by atoms with E-state index < -0.39 is 0 Å². The Hall–Kier alpha value is -2.64. The van der Waals surface area contributed by atoms with Gasteiger partial charge >= 0.3 is 0 Å². The van der Waals surface area contributed by atoms with Crippen LogP contribution in [0.1, 0.15) is 25.3 Å². The Labute approximate surface area is 186 Å². The maximum absolute atomic E-state index is 14.1. The van der Waals surface area contributed by atoms with Crippen molar-refractivity contribution in [3.63, 3.8) is 0 Å². The fourth-order valence-corrected chi connectivity index (χ4v) is 5.18. The van der Waals surface area contributed by atoms with Crippen molar-refractivity contribution in [2.45, 2.75) is 30.7 Å². The van der Waals surface area contributed by atoms with Crippen LogP contribution >= 0.6 is 11.8 Å². The number of hydrogen-bond donors (Lipinski definition) is 1. The van der Waals surface area contributed by atoms with Gasteiger partial charge in [0, 0.05) is 23.0 Å². The predicted molar refractivity (Wildman–Crippen MR) is 122 cm³/mol. The average molecular weight is 440 g/mol. The van der Waals surface area contributed by atoms with Crippen molar-refractivity contribution < 1.29 is 14.0 Å². The highest BCUT2D eigenvalue weighted by Gasteiger charge is 2.31. The molecule has 0 spiro atoms. The smallest absolute Gasteiger partial charge is 0.265 e. The molecule has 0 radical (unpaired) electrons. The molecule has 1 N–H and O–H groups in total. The first-order valence-corrected chi connectivity index (χ1v) is 11.4. The van der Waals surface area contributed by atoms with Gasteiger partial charge in [0.25, 0.3) is 5.91 Å². The molecule has 2 aromatic rings. The number of nitrogens with one attached hydrogen (secondary N) is 1. The zero-order valence-electron chi connectivity index (χ0n) is 17.5. The molecule has 31 heavy (non-hydrogen) atoms. The topological polar surface area (TPSA) is 52.7 Å². The maximum Gasteiger partial charge on any atom is 0.265 e. The molecule has 2 amide bonds. The van der Waals surface area contributed by atoms with Gasteiger partial charge in [-0.25, -0.2) is 4.39 Å². The summed E-state index contributed by atoms with van der Waals surface area (Å²) in [4.78, 5) is 31.1. The quantitative estimate of drug-likeness (QED) is 0.694. The fraction of sp³-hybridized carbons (Fsp3) is 0.333. The molecule has 0 bridgehead atoms. The molecule has 0 aromatic heterocycles. The standard InChI is InChI=1S/C24H26FN3O2S/c1-2-27-13-7-9-18(27)15-26-23(29)16-28-20-11-5-6-12-21(20)31-22(24(28)30)14-17-8-3-4-10-19(17)25/h3-6,8,10-12,14,18H,2,7,9,13,15-16H2,1H3,(H,26,29)/b22-14-. The lowest BCUT2D eigenvalue weighted by Gasteiger charge is -2.30. The van der Waals surface area contributed by atoms with E-state index in [4.69, 9.17) is 0 Å². The molecule has 1 fully saturated rings. The van der Waals surface area contributed by atoms with Crippen LogP contribution in [0.2, 0.25) is 0 Å². The summed E-state index contributed by atoms with van der Waals surface area (Å²) in [5, 5.41) is 3.00. The molecule has 2 aliphatic heterocycles. The van der Waals surface area contributed by atoms with Crippen LogP contribution in [0.3, 0.4) is 0 Å². The third kappa shape index (κ3) is 4.83. The van der Waals surface area contributed by atoms with E-state index in [9.17, 15) is 14.0 Å². The van der Waals surface area contributed by atoms with Crippen molar-refractivity contribution in [2.24, 2.45) is 0 Å². The van der Waals surface area contributed by atoms with Crippen molar-refractivity contribution in [3.05, 3.63) is 64.8 Å². The zero-order chi connectivity index (χ0) is 21.8. The van der Waals surface area contributed by atoms with Gasteiger partial charge in [0.1, 0.15) is 12.4 Å². The number of hydrogen-bond acceptors (Lipinski definition) is 4. The minimum Gasteiger partial charge on any atom is -0.353 e. The van der Waals surface area contributed by atoms with Gasteiger partial charge in [-0.05, 0) is 50.2 Å². The van der Waals surface area contributed by atoms with Gasteiger partial charge in [-0.1, -0.05) is 49.0 Å². The second kappa shape index (κ2) is 9.66. The molecule has 7 heteroatoms. The number of anilines is 1. The van der Waals surface area contributed by atoms with Gasteiger partial charge in [0.15, 0.2) is 0 Å². The summed E-state index contributed by atoms with van der Waals surface area (Å²) in [5.41, 5.74) is 1.05. The zero-order valence-corrected chi connectivity index (χ0v) is 18.3. The summed E-state index contributed by atoms with van der Waals surface area (Å²) in [6.45, 7) is 4.69. The molecular weight excluding hydrogens is 413 g/mol. The van der Waals surface area contributed by atoms with Gasteiger partial charge in [0.2, 0.25) is 5.91 Å². The molecule has 162 valence electrons. The van der Waals surface area contributed by atoms with E-state index in [2.05, 4.69) is 17.1 Å². The third-order valence-corrected chi connectivity index (χ3v) is 6.84. The lowest BCUT2D eigenvalue weighted by molar-refractivity contribution is -0.122. The van der Waals surface area contributed by atoms with E-state index in [1.807, 2.05) is 24.3 Å². The average Bonchev–Trinajstić information content (AvgIpc) is 3.24. The van der Waals surface area contributed by atoms with Gasteiger partial charge in [0.05, 0.1) is 10.6 Å². The molecule has 1 unspecified atom stereocenters. The van der Waals surface area contributed by atoms with E-state index in [0.29, 0.717) is 28.7 Å². The minimum absolute atomic E-state index is 0.0656. The Morgan fingerprint density at radius 2 is 2.00 bits per heavy atom. The van der Waals surface area contributed by atoms with Crippen LogP contribution in [0.5, 0.6) is 0 Å². The number of carbonyl (C=O) groups excluding carboxylic acids is 2. The van der Waals surface area contributed by atoms with Gasteiger partial charge in [-0.2, -0.15) is 0 Å². The first kappa shape index (κ1) is 21.6. The summed E-state index contributed by atoms with van der Waals surface area (Å²) in [6.07, 6.45) is 3.78. The predicted octanol–water partition coefficient (Wildman–Crippen LogP) is 3.91. The van der Waals surface area contributed by atoms with E-state index in [1.54, 1.807) is 24.3 Å². The van der Waals surface area contributed by atoms with E-state index >= 15 is 0 Å². The Morgan fingerprint density at radius 1 is 1.23 bits per heavy atom. The first-order chi connectivity index (χ1) is 15.1.